The molecule has 5 rings (SSSR count). The maximum Gasteiger partial charge on any atom is 0.336 e. The minimum absolute atomic E-state index is 0.0524. The molecule has 4 fully saturated rings. The van der Waals surface area contributed by atoms with Crippen LogP contribution in [0, 0.1) is 28.6 Å². The van der Waals surface area contributed by atoms with Crippen molar-refractivity contribution in [2.24, 2.45) is 35.6 Å². The Bertz CT molecular complexity index is 1290. The molecule has 216 valence electrons. The van der Waals surface area contributed by atoms with E-state index < -0.39 is 59.2 Å². The van der Waals surface area contributed by atoms with Crippen LogP contribution >= 0.6 is 0 Å². The molecule has 2 N–H and O–H groups in total. The fourth-order valence-electron chi connectivity index (χ4n) is 7.03. The van der Waals surface area contributed by atoms with Crippen molar-refractivity contribution in [2.75, 3.05) is 13.2 Å². The summed E-state index contributed by atoms with van der Waals surface area (Å²) < 4.78 is 13.4. The van der Waals surface area contributed by atoms with Gasteiger partial charge >= 0.3 is 29.0 Å². The van der Waals surface area contributed by atoms with Gasteiger partial charge in [-0.05, 0) is 56.3 Å². The maximum absolute atomic E-state index is 13.4. The van der Waals surface area contributed by atoms with Crippen LogP contribution < -0.4 is 17.1 Å². The molecule has 4 bridgehead atoms. The lowest BCUT2D eigenvalue weighted by molar-refractivity contribution is -0.197. The molecule has 0 radical (unpaired) electrons. The highest BCUT2D eigenvalue weighted by atomic mass is 16.5. The van der Waals surface area contributed by atoms with Gasteiger partial charge < -0.3 is 19.7 Å². The number of ether oxygens (including phenoxy) is 2. The van der Waals surface area contributed by atoms with Gasteiger partial charge in [-0.2, -0.15) is 0 Å². The van der Waals surface area contributed by atoms with Gasteiger partial charge in [-0.3, -0.25) is 9.59 Å². The molecule has 0 spiro atoms. The Hall–Kier alpha value is -2.99. The van der Waals surface area contributed by atoms with Gasteiger partial charge in [0.15, 0.2) is 0 Å². The summed E-state index contributed by atoms with van der Waals surface area (Å²) in [6.45, 7) is 6.07. The Labute approximate surface area is 225 Å². The van der Waals surface area contributed by atoms with Gasteiger partial charge in [0, 0.05) is 7.05 Å². The van der Waals surface area contributed by atoms with Crippen LogP contribution in [0.2, 0.25) is 0 Å². The fraction of sp³-hybridized carbons (Fsp3) is 0.741. The van der Waals surface area contributed by atoms with Crippen molar-refractivity contribution in [2.45, 2.75) is 77.7 Å². The topological polar surface area (TPSA) is 159 Å². The highest BCUT2D eigenvalue weighted by Crippen LogP contribution is 2.66. The minimum atomic E-state index is -1.38. The molecule has 39 heavy (non-hydrogen) atoms. The molecule has 1 heterocycles. The third-order valence-corrected chi connectivity index (χ3v) is 8.69. The fourth-order valence-corrected chi connectivity index (χ4v) is 7.03. The molecule has 4 aliphatic rings. The highest BCUT2D eigenvalue weighted by Gasteiger charge is 2.64. The minimum Gasteiger partial charge on any atom is -0.463 e. The van der Waals surface area contributed by atoms with Crippen molar-refractivity contribution < 1.29 is 29.3 Å². The van der Waals surface area contributed by atoms with E-state index in [1.807, 2.05) is 13.8 Å². The summed E-state index contributed by atoms with van der Waals surface area (Å²) in [7, 11) is 1.23. The molecule has 1 aromatic rings. The van der Waals surface area contributed by atoms with E-state index in [9.17, 15) is 34.2 Å². The van der Waals surface area contributed by atoms with Crippen molar-refractivity contribution in [3.05, 3.63) is 44.1 Å². The second-order valence-electron chi connectivity index (χ2n) is 12.1. The van der Waals surface area contributed by atoms with Gasteiger partial charge in [0.25, 0.3) is 0 Å². The van der Waals surface area contributed by atoms with E-state index in [2.05, 4.69) is 6.58 Å². The lowest BCUT2D eigenvalue weighted by atomic mass is 9.44. The summed E-state index contributed by atoms with van der Waals surface area (Å²) in [6, 6.07) is 0. The van der Waals surface area contributed by atoms with E-state index in [4.69, 9.17) is 9.47 Å². The van der Waals surface area contributed by atoms with Crippen molar-refractivity contribution in [3.8, 4) is 0 Å². The largest absolute Gasteiger partial charge is 0.463 e. The first-order valence-corrected chi connectivity index (χ1v) is 13.5. The number of aliphatic hydroxyl groups excluding tert-OH is 2. The van der Waals surface area contributed by atoms with E-state index in [1.165, 1.54) is 13.1 Å². The molecule has 4 saturated carbocycles. The Morgan fingerprint density at radius 3 is 1.97 bits per heavy atom. The first kappa shape index (κ1) is 29.0. The molecule has 12 heteroatoms. The number of hydrogen-bond acceptors (Lipinski definition) is 9. The van der Waals surface area contributed by atoms with E-state index in [0.717, 1.165) is 20.1 Å². The van der Waals surface area contributed by atoms with Gasteiger partial charge in [0.05, 0.1) is 30.0 Å². The van der Waals surface area contributed by atoms with E-state index in [0.29, 0.717) is 32.1 Å². The molecule has 4 atom stereocenters. The Morgan fingerprint density at radius 1 is 0.949 bits per heavy atom. The highest BCUT2D eigenvalue weighted by molar-refractivity contribution is 5.83. The van der Waals surface area contributed by atoms with Crippen LogP contribution in [0.15, 0.2) is 27.0 Å². The van der Waals surface area contributed by atoms with Crippen LogP contribution in [-0.4, -0.2) is 61.3 Å². The standard InChI is InChI=1S/C27H39N3O9/c1-5-6-29-23(35)28(4)24(36)30(25(29)37)12-19(31)13-38-21(33)26-8-17-7-18(9-26)11-27(10-17,15-26)22(34)39-14-20(32)16(2)3/h5,16-20,31-32H,1,6-15H2,2-4H3. The molecule has 0 aliphatic heterocycles. The molecule has 4 unspecified atom stereocenters. The van der Waals surface area contributed by atoms with Gasteiger partial charge in [0.1, 0.15) is 19.3 Å². The second kappa shape index (κ2) is 10.9. The number of aliphatic hydroxyl groups is 2. The molecule has 1 aromatic heterocycles. The maximum atomic E-state index is 13.4. The van der Waals surface area contributed by atoms with Gasteiger partial charge in [-0.1, -0.05) is 19.9 Å². The van der Waals surface area contributed by atoms with Crippen LogP contribution in [0.4, 0.5) is 0 Å². The Kier molecular flexibility index (Phi) is 8.09. The predicted molar refractivity (Wildman–Crippen MR) is 139 cm³/mol. The number of esters is 2. The molecule has 0 saturated heterocycles. The van der Waals surface area contributed by atoms with Crippen LogP contribution in [0.1, 0.15) is 52.4 Å². The van der Waals surface area contributed by atoms with Gasteiger partial charge in [-0.15, -0.1) is 6.58 Å². The number of carbonyl (C=O) groups is 2. The number of hydrogen-bond donors (Lipinski definition) is 2. The smallest absolute Gasteiger partial charge is 0.336 e. The zero-order valence-corrected chi connectivity index (χ0v) is 22.8. The summed E-state index contributed by atoms with van der Waals surface area (Å²) in [6.07, 6.45) is 2.91. The van der Waals surface area contributed by atoms with Gasteiger partial charge in [0.2, 0.25) is 0 Å². The van der Waals surface area contributed by atoms with E-state index >= 15 is 0 Å². The van der Waals surface area contributed by atoms with Crippen molar-refractivity contribution >= 4 is 11.9 Å². The number of nitrogens with zero attached hydrogens (tertiary/aromatic N) is 3. The molecular formula is C27H39N3O9. The second-order valence-corrected chi connectivity index (χ2v) is 12.1. The van der Waals surface area contributed by atoms with Crippen LogP contribution in [0.3, 0.4) is 0 Å². The molecule has 0 amide bonds. The number of rotatable bonds is 11. The lowest BCUT2D eigenvalue weighted by Gasteiger charge is -2.59. The summed E-state index contributed by atoms with van der Waals surface area (Å²) in [5.74, 6) is -0.578. The molecular weight excluding hydrogens is 510 g/mol. The molecule has 4 aliphatic carbocycles. The Morgan fingerprint density at radius 2 is 1.46 bits per heavy atom. The first-order valence-electron chi connectivity index (χ1n) is 13.5. The zero-order valence-electron chi connectivity index (χ0n) is 22.8. The van der Waals surface area contributed by atoms with Crippen LogP contribution in [-0.2, 0) is 39.2 Å². The lowest BCUT2D eigenvalue weighted by Crippen LogP contribution is -2.58. The van der Waals surface area contributed by atoms with E-state index in [-0.39, 0.29) is 36.9 Å². The Balaban J connectivity index is 1.45. The third-order valence-electron chi connectivity index (χ3n) is 8.69. The SMILES string of the molecule is C=CCn1c(=O)n(C)c(=O)n(CC(O)COC(=O)C23CC4CC(C2)CC(C(=O)OCC(O)C(C)C)(C4)C3)c1=O. The molecule has 0 aromatic carbocycles. The monoisotopic (exact) mass is 549 g/mol. The zero-order chi connectivity index (χ0) is 28.7. The molecule has 12 nitrogen and oxygen atoms in total. The quantitative estimate of drug-likeness (QED) is 0.285. The number of aromatic nitrogens is 3. The average molecular weight is 550 g/mol. The van der Waals surface area contributed by atoms with E-state index in [1.54, 1.807) is 0 Å². The van der Waals surface area contributed by atoms with Crippen LogP contribution in [0.25, 0.3) is 0 Å². The summed E-state index contributed by atoms with van der Waals surface area (Å²) in [4.78, 5) is 64.1. The summed E-state index contributed by atoms with van der Waals surface area (Å²) in [5.41, 5.74) is -4.24. The van der Waals surface area contributed by atoms with Crippen LogP contribution in [0.5, 0.6) is 0 Å². The van der Waals surface area contributed by atoms with Crippen molar-refractivity contribution in [1.29, 1.82) is 0 Å². The normalized spacial score (nSPS) is 28.8. The van der Waals surface area contributed by atoms with Gasteiger partial charge in [-0.25, -0.2) is 28.1 Å². The number of allylic oxidation sites excluding steroid dienone is 1. The summed E-state index contributed by atoms with van der Waals surface area (Å²) in [5, 5.41) is 20.7. The van der Waals surface area contributed by atoms with Crippen molar-refractivity contribution in [3.63, 3.8) is 0 Å². The summed E-state index contributed by atoms with van der Waals surface area (Å²) >= 11 is 0. The first-order chi connectivity index (χ1) is 18.3. The predicted octanol–water partition coefficient (Wildman–Crippen LogP) is -0.0545. The third kappa shape index (κ3) is 5.41. The average Bonchev–Trinajstić information content (AvgIpc) is 2.88. The van der Waals surface area contributed by atoms with Crippen molar-refractivity contribution in [1.82, 2.24) is 13.7 Å². The number of carbonyl (C=O) groups excluding carboxylic acids is 2.